The second-order valence-corrected chi connectivity index (χ2v) is 8.63. The smallest absolute Gasteiger partial charge is 0.331 e. The number of hydrogen-bond acceptors (Lipinski definition) is 6. The van der Waals surface area contributed by atoms with Gasteiger partial charge >= 0.3 is 5.97 Å². The van der Waals surface area contributed by atoms with Crippen LogP contribution in [0.4, 0.5) is 5.00 Å². The van der Waals surface area contributed by atoms with Gasteiger partial charge in [-0.2, -0.15) is 5.26 Å². The third kappa shape index (κ3) is 5.72. The van der Waals surface area contributed by atoms with Crippen molar-refractivity contribution in [2.75, 3.05) is 18.2 Å². The fraction of sp³-hybridized carbons (Fsp3) is 0.318. The summed E-state index contributed by atoms with van der Waals surface area (Å²) in [7, 11) is 0. The van der Waals surface area contributed by atoms with Crippen molar-refractivity contribution in [2.24, 2.45) is 0 Å². The molecule has 1 aromatic heterocycles. The van der Waals surface area contributed by atoms with E-state index in [-0.39, 0.29) is 6.61 Å². The van der Waals surface area contributed by atoms with Gasteiger partial charge in [0, 0.05) is 15.8 Å². The van der Waals surface area contributed by atoms with Crippen LogP contribution in [0.1, 0.15) is 40.8 Å². The lowest BCUT2D eigenvalue weighted by molar-refractivity contribution is -0.142. The maximum absolute atomic E-state index is 12.2. The van der Waals surface area contributed by atoms with Crippen LogP contribution in [-0.4, -0.2) is 24.7 Å². The van der Waals surface area contributed by atoms with Crippen molar-refractivity contribution in [1.29, 1.82) is 5.26 Å². The summed E-state index contributed by atoms with van der Waals surface area (Å²) in [6.07, 6.45) is 10.1. The highest BCUT2D eigenvalue weighted by atomic mass is 32.2. The Balaban J connectivity index is 1.54. The van der Waals surface area contributed by atoms with Crippen molar-refractivity contribution in [3.05, 3.63) is 51.9 Å². The van der Waals surface area contributed by atoms with Gasteiger partial charge < -0.3 is 10.1 Å². The van der Waals surface area contributed by atoms with Crippen LogP contribution in [-0.2, 0) is 27.2 Å². The first-order valence-corrected chi connectivity index (χ1v) is 11.5. The molecule has 1 aliphatic rings. The van der Waals surface area contributed by atoms with Gasteiger partial charge in [-0.15, -0.1) is 23.1 Å². The van der Waals surface area contributed by atoms with Gasteiger partial charge in [-0.1, -0.05) is 18.6 Å². The van der Waals surface area contributed by atoms with Crippen LogP contribution >= 0.6 is 23.1 Å². The van der Waals surface area contributed by atoms with Gasteiger partial charge in [0.1, 0.15) is 11.1 Å². The number of thiophene rings is 1. The molecule has 1 amide bonds. The van der Waals surface area contributed by atoms with Crippen molar-refractivity contribution in [2.45, 2.75) is 37.0 Å². The quantitative estimate of drug-likeness (QED) is 0.310. The van der Waals surface area contributed by atoms with Crippen LogP contribution in [0.5, 0.6) is 0 Å². The molecule has 0 spiro atoms. The molecule has 2 aromatic rings. The molecule has 1 heterocycles. The predicted molar refractivity (Wildman–Crippen MR) is 117 cm³/mol. The lowest BCUT2D eigenvalue weighted by atomic mass is 10.1. The summed E-state index contributed by atoms with van der Waals surface area (Å²) >= 11 is 3.11. The molecule has 0 fully saturated rings. The van der Waals surface area contributed by atoms with E-state index in [4.69, 9.17) is 4.74 Å². The molecule has 0 saturated heterocycles. The average molecular weight is 427 g/mol. The fourth-order valence-electron chi connectivity index (χ4n) is 3.18. The van der Waals surface area contributed by atoms with Crippen LogP contribution in [0.3, 0.4) is 0 Å². The highest BCUT2D eigenvalue weighted by Crippen LogP contribution is 2.36. The van der Waals surface area contributed by atoms with Gasteiger partial charge in [0.15, 0.2) is 6.61 Å². The third-order valence-electron chi connectivity index (χ3n) is 4.66. The molecule has 0 bridgehead atoms. The first-order valence-electron chi connectivity index (χ1n) is 9.44. The Morgan fingerprint density at radius 2 is 2.00 bits per heavy atom. The van der Waals surface area contributed by atoms with Crippen LogP contribution in [0.15, 0.2) is 35.2 Å². The number of fused-ring (bicyclic) bond motifs is 1. The summed E-state index contributed by atoms with van der Waals surface area (Å²) in [4.78, 5) is 26.4. The predicted octanol–water partition coefficient (Wildman–Crippen LogP) is 4.81. The molecule has 1 aliphatic carbocycles. The average Bonchev–Trinajstić information content (AvgIpc) is 2.89. The summed E-state index contributed by atoms with van der Waals surface area (Å²) in [5.41, 5.74) is 2.50. The zero-order valence-corrected chi connectivity index (χ0v) is 17.8. The van der Waals surface area contributed by atoms with Crippen molar-refractivity contribution in [1.82, 2.24) is 0 Å². The minimum atomic E-state index is -0.587. The number of ether oxygens (including phenoxy) is 1. The number of rotatable bonds is 6. The van der Waals surface area contributed by atoms with E-state index in [2.05, 4.69) is 11.4 Å². The molecule has 7 heteroatoms. The Morgan fingerprint density at radius 1 is 1.24 bits per heavy atom. The van der Waals surface area contributed by atoms with Crippen molar-refractivity contribution < 1.29 is 14.3 Å². The summed E-state index contributed by atoms with van der Waals surface area (Å²) in [5, 5.41) is 12.8. The van der Waals surface area contributed by atoms with E-state index < -0.39 is 11.9 Å². The number of anilines is 1. The number of nitriles is 1. The molecular weight excluding hydrogens is 404 g/mol. The van der Waals surface area contributed by atoms with Crippen LogP contribution < -0.4 is 5.32 Å². The molecule has 0 atom stereocenters. The molecule has 0 aliphatic heterocycles. The topological polar surface area (TPSA) is 79.2 Å². The summed E-state index contributed by atoms with van der Waals surface area (Å²) in [6, 6.07) is 9.98. The molecule has 0 radical (unpaired) electrons. The second-order valence-electron chi connectivity index (χ2n) is 6.64. The van der Waals surface area contributed by atoms with Crippen molar-refractivity contribution in [3.63, 3.8) is 0 Å². The number of carbonyl (C=O) groups is 2. The molecule has 1 N–H and O–H groups in total. The fourth-order valence-corrected chi connectivity index (χ4v) is 4.84. The minimum Gasteiger partial charge on any atom is -0.452 e. The number of nitrogens with one attached hydrogen (secondary N) is 1. The van der Waals surface area contributed by atoms with E-state index in [1.807, 2.05) is 30.5 Å². The summed E-state index contributed by atoms with van der Waals surface area (Å²) in [6.45, 7) is -0.387. The Bertz CT molecular complexity index is 956. The molecule has 29 heavy (non-hydrogen) atoms. The normalized spacial score (nSPS) is 13.4. The van der Waals surface area contributed by atoms with E-state index in [9.17, 15) is 14.9 Å². The number of benzene rings is 1. The number of hydrogen-bond donors (Lipinski definition) is 1. The molecular formula is C22H22N2O3S2. The molecule has 5 nitrogen and oxygen atoms in total. The Kier molecular flexibility index (Phi) is 7.50. The van der Waals surface area contributed by atoms with Gasteiger partial charge in [0.05, 0.1) is 5.56 Å². The lowest BCUT2D eigenvalue weighted by Gasteiger charge is -2.04. The molecule has 3 rings (SSSR count). The van der Waals surface area contributed by atoms with E-state index in [0.717, 1.165) is 41.7 Å². The van der Waals surface area contributed by atoms with Crippen LogP contribution in [0.25, 0.3) is 6.08 Å². The number of carbonyl (C=O) groups excluding carboxylic acids is 2. The zero-order valence-electron chi connectivity index (χ0n) is 16.2. The van der Waals surface area contributed by atoms with Gasteiger partial charge in [-0.3, -0.25) is 4.79 Å². The molecule has 1 aromatic carbocycles. The standard InChI is InChI=1S/C22H22N2O3S2/c1-28-16-10-7-15(8-11-16)9-12-21(26)27-14-20(25)24-22-18(13-23)17-5-3-2-4-6-19(17)29-22/h7-12H,2-6,14H2,1H3,(H,24,25). The first kappa shape index (κ1) is 21.2. The van der Waals surface area contributed by atoms with E-state index in [1.165, 1.54) is 28.7 Å². The maximum atomic E-state index is 12.2. The maximum Gasteiger partial charge on any atom is 0.331 e. The first-order chi connectivity index (χ1) is 14.1. The van der Waals surface area contributed by atoms with Gasteiger partial charge in [0.25, 0.3) is 5.91 Å². The Hall–Kier alpha value is -2.56. The molecule has 0 saturated carbocycles. The van der Waals surface area contributed by atoms with Crippen LogP contribution in [0.2, 0.25) is 0 Å². The number of nitrogens with zero attached hydrogens (tertiary/aromatic N) is 1. The number of aryl methyl sites for hydroxylation is 1. The SMILES string of the molecule is CSc1ccc(C=CC(=O)OCC(=O)Nc2sc3c(c2C#N)CCCCC3)cc1. The highest BCUT2D eigenvalue weighted by molar-refractivity contribution is 7.98. The van der Waals surface area contributed by atoms with Gasteiger partial charge in [-0.05, 0) is 61.3 Å². The number of esters is 1. The van der Waals surface area contributed by atoms with E-state index >= 15 is 0 Å². The molecule has 0 unspecified atom stereocenters. The monoisotopic (exact) mass is 426 g/mol. The summed E-state index contributed by atoms with van der Waals surface area (Å²) < 4.78 is 5.02. The minimum absolute atomic E-state index is 0.387. The van der Waals surface area contributed by atoms with Gasteiger partial charge in [0.2, 0.25) is 0 Å². The second kappa shape index (κ2) is 10.3. The Morgan fingerprint density at radius 3 is 2.72 bits per heavy atom. The van der Waals surface area contributed by atoms with Crippen LogP contribution in [0, 0.1) is 11.3 Å². The van der Waals surface area contributed by atoms with Crippen molar-refractivity contribution in [3.8, 4) is 6.07 Å². The lowest BCUT2D eigenvalue weighted by Crippen LogP contribution is -2.20. The van der Waals surface area contributed by atoms with Crippen molar-refractivity contribution >= 4 is 46.1 Å². The molecule has 150 valence electrons. The Labute approximate surface area is 178 Å². The van der Waals surface area contributed by atoms with E-state index in [0.29, 0.717) is 10.6 Å². The third-order valence-corrected chi connectivity index (χ3v) is 6.61. The zero-order chi connectivity index (χ0) is 20.6. The number of amides is 1. The largest absolute Gasteiger partial charge is 0.452 e. The van der Waals surface area contributed by atoms with E-state index in [1.54, 1.807) is 17.8 Å². The summed E-state index contributed by atoms with van der Waals surface area (Å²) in [5.74, 6) is -1.03. The highest BCUT2D eigenvalue weighted by Gasteiger charge is 2.21. The van der Waals surface area contributed by atoms with Gasteiger partial charge in [-0.25, -0.2) is 4.79 Å². The number of thioether (sulfide) groups is 1.